The van der Waals surface area contributed by atoms with Crippen molar-refractivity contribution in [2.45, 2.75) is 17.3 Å². The third-order valence-corrected chi connectivity index (χ3v) is 12.7. The van der Waals surface area contributed by atoms with Gasteiger partial charge in [-0.25, -0.2) is 0 Å². The summed E-state index contributed by atoms with van der Waals surface area (Å²) in [4.78, 5) is 9.21. The van der Waals surface area contributed by atoms with Crippen LogP contribution in [0, 0.1) is 12.1 Å². The Morgan fingerprint density at radius 1 is 0.694 bits per heavy atom. The molecular weight excluding hydrogens is 843 g/mol. The SMILES string of the molecule is [CH3][Ge]([CH3])([CH3])[c]1ccc2c(c1)oc1c(-c3nc4nnc5ccccc5c4n3-c3ccccc3)[c-]ccc12.[Ir].[c-]1ccccc1-c1ccccn1. The number of pyridine rings is 1. The quantitative estimate of drug-likeness (QED) is 0.130. The Balaban J connectivity index is 0.000000246. The first-order valence-corrected chi connectivity index (χ1v) is 23.3. The molecule has 9 rings (SSSR count). The molecule has 0 saturated carbocycles. The number of rotatable bonds is 4. The molecule has 0 bridgehead atoms. The molecule has 0 fully saturated rings. The standard InChI is InChI=1S/C30H23GeN4O.C11H8N.Ir/c1-31(2,3)19-16-17-21-22-13-9-14-24(28(22)36-26(21)18-19)30-32-29-27(35(30)20-10-5-4-6-11-20)23-12-7-8-15-25(23)33-34-29;1-2-6-10(7-3-1)11-8-4-5-9-12-11;/h4-13,15-18H,1-3H3;1-6,8-9H;/q2*-1;. The van der Waals surface area contributed by atoms with Gasteiger partial charge < -0.3 is 4.98 Å². The number of benzene rings is 5. The van der Waals surface area contributed by atoms with Crippen LogP contribution in [0.4, 0.5) is 0 Å². The first kappa shape index (κ1) is 32.6. The number of hydrogen-bond donors (Lipinski definition) is 0. The monoisotopic (exact) mass is 876 g/mol. The molecule has 0 N–H and O–H groups in total. The molecule has 0 unspecified atom stereocenters. The van der Waals surface area contributed by atoms with Crippen molar-refractivity contribution in [3.8, 4) is 28.3 Å². The van der Waals surface area contributed by atoms with E-state index >= 15 is 0 Å². The number of aromatic nitrogens is 5. The van der Waals surface area contributed by atoms with Crippen molar-refractivity contribution in [2.75, 3.05) is 0 Å². The minimum Gasteiger partial charge on any atom is -0.305 e. The molecule has 0 amide bonds. The minimum atomic E-state index is -2.01. The van der Waals surface area contributed by atoms with Crippen molar-refractivity contribution in [1.29, 1.82) is 0 Å². The van der Waals surface area contributed by atoms with E-state index in [-0.39, 0.29) is 20.1 Å². The third-order valence-electron chi connectivity index (χ3n) is 8.46. The summed E-state index contributed by atoms with van der Waals surface area (Å²) < 4.78 is 10.1. The fourth-order valence-corrected chi connectivity index (χ4v) is 8.43. The molecule has 0 atom stereocenters. The summed E-state index contributed by atoms with van der Waals surface area (Å²) in [5.41, 5.74) is 7.87. The van der Waals surface area contributed by atoms with Crippen molar-refractivity contribution in [3.63, 3.8) is 0 Å². The van der Waals surface area contributed by atoms with E-state index in [4.69, 9.17) is 9.40 Å². The van der Waals surface area contributed by atoms with Crippen LogP contribution in [0.1, 0.15) is 0 Å². The number of hydrogen-bond acceptors (Lipinski definition) is 5. The zero-order valence-electron chi connectivity index (χ0n) is 27.2. The Morgan fingerprint density at radius 3 is 2.27 bits per heavy atom. The number of imidazole rings is 1. The summed E-state index contributed by atoms with van der Waals surface area (Å²) in [5, 5.41) is 12.1. The predicted octanol–water partition coefficient (Wildman–Crippen LogP) is 9.43. The van der Waals surface area contributed by atoms with Crippen LogP contribution < -0.4 is 4.40 Å². The van der Waals surface area contributed by atoms with Gasteiger partial charge in [-0.3, -0.25) is 0 Å². The average molecular weight is 875 g/mol. The zero-order valence-corrected chi connectivity index (χ0v) is 31.7. The van der Waals surface area contributed by atoms with E-state index in [1.165, 1.54) is 4.40 Å². The molecule has 9 aromatic rings. The molecule has 4 heterocycles. The van der Waals surface area contributed by atoms with Crippen molar-refractivity contribution < 1.29 is 24.5 Å². The van der Waals surface area contributed by atoms with Crippen LogP contribution in [0.2, 0.25) is 17.3 Å². The number of fused-ring (bicyclic) bond motifs is 6. The second-order valence-electron chi connectivity index (χ2n) is 12.6. The summed E-state index contributed by atoms with van der Waals surface area (Å²) >= 11 is -2.01. The molecule has 1 radical (unpaired) electrons. The van der Waals surface area contributed by atoms with Gasteiger partial charge >= 0.3 is 205 Å². The van der Waals surface area contributed by atoms with Gasteiger partial charge in [0.1, 0.15) is 0 Å². The summed E-state index contributed by atoms with van der Waals surface area (Å²) in [5.74, 6) is 7.93. The van der Waals surface area contributed by atoms with Crippen LogP contribution >= 0.6 is 0 Å². The van der Waals surface area contributed by atoms with E-state index in [0.29, 0.717) is 5.65 Å². The number of furan rings is 1. The molecule has 8 heteroatoms. The van der Waals surface area contributed by atoms with Crippen LogP contribution in [0.3, 0.4) is 0 Å². The van der Waals surface area contributed by atoms with Crippen molar-refractivity contribution in [3.05, 3.63) is 146 Å². The van der Waals surface area contributed by atoms with Gasteiger partial charge in [0.2, 0.25) is 0 Å². The van der Waals surface area contributed by atoms with E-state index in [0.717, 1.165) is 66.7 Å². The van der Waals surface area contributed by atoms with E-state index in [1.807, 2.05) is 84.9 Å². The molecular formula is C41H31GeIrN5O-2. The second-order valence-corrected chi connectivity index (χ2v) is 23.3. The van der Waals surface area contributed by atoms with Crippen LogP contribution in [0.5, 0.6) is 0 Å². The maximum atomic E-state index is 6.56. The van der Waals surface area contributed by atoms with Gasteiger partial charge in [-0.2, -0.15) is 0 Å². The van der Waals surface area contributed by atoms with Crippen LogP contribution in [-0.4, -0.2) is 38.0 Å². The molecule has 0 aliphatic heterocycles. The molecule has 49 heavy (non-hydrogen) atoms. The van der Waals surface area contributed by atoms with Gasteiger partial charge in [0.15, 0.2) is 0 Å². The molecule has 0 saturated heterocycles. The van der Waals surface area contributed by atoms with Gasteiger partial charge in [-0.05, 0) is 11.8 Å². The van der Waals surface area contributed by atoms with E-state index in [2.05, 4.69) is 91.6 Å². The molecule has 0 aliphatic rings. The smallest absolute Gasteiger partial charge is 0.0160 e. The Hall–Kier alpha value is -4.95. The maximum Gasteiger partial charge on any atom is 0.0160 e. The Labute approximate surface area is 300 Å². The average Bonchev–Trinajstić information content (AvgIpc) is 3.71. The molecule has 4 aromatic heterocycles. The van der Waals surface area contributed by atoms with Crippen LogP contribution in [0.15, 0.2) is 138 Å². The largest absolute Gasteiger partial charge is 0.305 e. The fraction of sp³-hybridized carbons (Fsp3) is 0.0732. The number of para-hydroxylation sites is 1. The molecule has 0 aliphatic carbocycles. The summed E-state index contributed by atoms with van der Waals surface area (Å²) in [6, 6.07) is 49.3. The maximum absolute atomic E-state index is 6.56. The van der Waals surface area contributed by atoms with E-state index in [9.17, 15) is 0 Å². The molecule has 6 nitrogen and oxygen atoms in total. The van der Waals surface area contributed by atoms with Crippen molar-refractivity contribution in [1.82, 2.24) is 24.7 Å². The topological polar surface area (TPSA) is 69.6 Å². The Morgan fingerprint density at radius 2 is 1.49 bits per heavy atom. The van der Waals surface area contributed by atoms with Gasteiger partial charge in [-0.15, -0.1) is 35.9 Å². The predicted molar refractivity (Wildman–Crippen MR) is 197 cm³/mol. The van der Waals surface area contributed by atoms with Crippen molar-refractivity contribution in [2.24, 2.45) is 0 Å². The first-order chi connectivity index (χ1) is 23.5. The summed E-state index contributed by atoms with van der Waals surface area (Å²) in [7, 11) is 0. The minimum absolute atomic E-state index is 0. The first-order valence-electron chi connectivity index (χ1n) is 15.9. The molecule has 5 aromatic carbocycles. The van der Waals surface area contributed by atoms with E-state index < -0.39 is 13.3 Å². The normalized spacial score (nSPS) is 11.4. The van der Waals surface area contributed by atoms with Gasteiger partial charge in [0.05, 0.1) is 0 Å². The second kappa shape index (κ2) is 13.5. The van der Waals surface area contributed by atoms with Crippen LogP contribution in [-0.2, 0) is 20.1 Å². The van der Waals surface area contributed by atoms with Crippen LogP contribution in [0.25, 0.3) is 72.3 Å². The fourth-order valence-electron chi connectivity index (χ4n) is 6.03. The van der Waals surface area contributed by atoms with Gasteiger partial charge in [0.25, 0.3) is 0 Å². The summed E-state index contributed by atoms with van der Waals surface area (Å²) in [6.07, 6.45) is 1.79. The Kier molecular flexibility index (Phi) is 8.99. The third kappa shape index (κ3) is 6.21. The Bertz CT molecular complexity index is 2510. The van der Waals surface area contributed by atoms with Crippen molar-refractivity contribution >= 4 is 61.7 Å². The zero-order chi connectivity index (χ0) is 32.7. The van der Waals surface area contributed by atoms with Gasteiger partial charge in [-0.1, -0.05) is 18.2 Å². The molecule has 241 valence electrons. The van der Waals surface area contributed by atoms with E-state index in [1.54, 1.807) is 6.20 Å². The van der Waals surface area contributed by atoms with Gasteiger partial charge in [0, 0.05) is 26.3 Å². The summed E-state index contributed by atoms with van der Waals surface area (Å²) in [6.45, 7) is 0. The number of nitrogens with zero attached hydrogens (tertiary/aromatic N) is 5. The molecule has 0 spiro atoms.